The Morgan fingerprint density at radius 2 is 1.65 bits per heavy atom. The van der Waals surface area contributed by atoms with E-state index in [1.165, 1.54) is 5.56 Å². The van der Waals surface area contributed by atoms with Gasteiger partial charge in [0.25, 0.3) is 0 Å². The predicted molar refractivity (Wildman–Crippen MR) is 70.6 cm³/mol. The van der Waals surface area contributed by atoms with Crippen molar-refractivity contribution in [2.45, 2.75) is 51.0 Å². The molecule has 3 nitrogen and oxygen atoms in total. The Balaban J connectivity index is 2.95. The molecule has 17 heavy (non-hydrogen) atoms. The van der Waals surface area contributed by atoms with Crippen molar-refractivity contribution in [3.8, 4) is 0 Å². The summed E-state index contributed by atoms with van der Waals surface area (Å²) in [6.07, 6.45) is 1.05. The van der Waals surface area contributed by atoms with Crippen LogP contribution in [0.25, 0.3) is 0 Å². The van der Waals surface area contributed by atoms with Crippen LogP contribution in [0.3, 0.4) is 0 Å². The van der Waals surface area contributed by atoms with Crippen molar-refractivity contribution < 1.29 is 8.42 Å². The Morgan fingerprint density at radius 1 is 1.12 bits per heavy atom. The molecule has 0 saturated heterocycles. The van der Waals surface area contributed by atoms with Gasteiger partial charge in [-0.2, -0.15) is 0 Å². The summed E-state index contributed by atoms with van der Waals surface area (Å²) >= 11 is 0. The minimum Gasteiger partial charge on any atom is -0.209 e. The lowest BCUT2D eigenvalue weighted by molar-refractivity contribution is 0.570. The zero-order chi connectivity index (χ0) is 13.1. The molecular weight excluding hydrogens is 234 g/mol. The first-order valence-corrected chi connectivity index (χ1v) is 7.47. The molecule has 1 atom stereocenters. The van der Waals surface area contributed by atoms with E-state index in [0.29, 0.717) is 10.8 Å². The molecule has 1 aromatic carbocycles. The predicted octanol–water partition coefficient (Wildman–Crippen LogP) is 2.89. The van der Waals surface area contributed by atoms with Crippen LogP contribution in [0.4, 0.5) is 0 Å². The molecule has 0 amide bonds. The van der Waals surface area contributed by atoms with Crippen molar-refractivity contribution in [2.24, 2.45) is 0 Å². The van der Waals surface area contributed by atoms with Crippen molar-refractivity contribution in [1.29, 1.82) is 0 Å². The molecule has 1 rings (SSSR count). The van der Waals surface area contributed by atoms with Crippen molar-refractivity contribution >= 4 is 10.0 Å². The summed E-state index contributed by atoms with van der Waals surface area (Å²) in [6.45, 7) is 7.88. The van der Waals surface area contributed by atoms with Crippen LogP contribution in [0.5, 0.6) is 0 Å². The highest BCUT2D eigenvalue weighted by atomic mass is 32.2. The lowest BCUT2D eigenvalue weighted by Crippen LogP contribution is -2.30. The molecule has 0 aliphatic rings. The molecule has 0 aliphatic heterocycles. The average molecular weight is 255 g/mol. The Kier molecular flexibility index (Phi) is 4.71. The Bertz CT molecular complexity index is 449. The van der Waals surface area contributed by atoms with Crippen LogP contribution in [0.1, 0.15) is 45.6 Å². The second kappa shape index (κ2) is 5.65. The lowest BCUT2D eigenvalue weighted by atomic mass is 9.99. The van der Waals surface area contributed by atoms with E-state index >= 15 is 0 Å². The van der Waals surface area contributed by atoms with E-state index in [1.807, 2.05) is 26.0 Å². The van der Waals surface area contributed by atoms with E-state index in [0.717, 1.165) is 6.42 Å². The van der Waals surface area contributed by atoms with Crippen LogP contribution < -0.4 is 4.72 Å². The summed E-state index contributed by atoms with van der Waals surface area (Å²) in [5, 5.41) is 0. The van der Waals surface area contributed by atoms with E-state index in [1.54, 1.807) is 12.1 Å². The van der Waals surface area contributed by atoms with Crippen LogP contribution in [-0.2, 0) is 10.0 Å². The van der Waals surface area contributed by atoms with Gasteiger partial charge in [0.2, 0.25) is 10.0 Å². The molecule has 0 fully saturated rings. The van der Waals surface area contributed by atoms with E-state index in [9.17, 15) is 8.42 Å². The zero-order valence-corrected chi connectivity index (χ0v) is 11.7. The van der Waals surface area contributed by atoms with E-state index in [4.69, 9.17) is 0 Å². The van der Waals surface area contributed by atoms with Gasteiger partial charge in [0.15, 0.2) is 0 Å². The molecule has 0 saturated carbocycles. The first-order valence-electron chi connectivity index (χ1n) is 5.99. The second-order valence-electron chi connectivity index (χ2n) is 4.65. The summed E-state index contributed by atoms with van der Waals surface area (Å²) in [7, 11) is -3.36. The molecule has 0 bridgehead atoms. The highest BCUT2D eigenvalue weighted by molar-refractivity contribution is 7.89. The number of benzene rings is 1. The Labute approximate surface area is 104 Å². The fourth-order valence-electron chi connectivity index (χ4n) is 1.59. The second-order valence-corrected chi connectivity index (χ2v) is 6.37. The van der Waals surface area contributed by atoms with Crippen LogP contribution in [0.2, 0.25) is 0 Å². The highest BCUT2D eigenvalue weighted by Gasteiger charge is 2.15. The third-order valence-electron chi connectivity index (χ3n) is 2.76. The zero-order valence-electron chi connectivity index (χ0n) is 10.9. The molecule has 0 spiro atoms. The van der Waals surface area contributed by atoms with Crippen LogP contribution >= 0.6 is 0 Å². The molecule has 4 heteroatoms. The topological polar surface area (TPSA) is 46.2 Å². The molecular formula is C13H21NO2S. The van der Waals surface area contributed by atoms with Gasteiger partial charge in [-0.05, 0) is 43.9 Å². The van der Waals surface area contributed by atoms with Gasteiger partial charge in [-0.1, -0.05) is 26.0 Å². The molecule has 0 aromatic heterocycles. The highest BCUT2D eigenvalue weighted by Crippen LogP contribution is 2.20. The van der Waals surface area contributed by atoms with E-state index in [-0.39, 0.29) is 6.04 Å². The number of rotatable bonds is 5. The van der Waals surface area contributed by atoms with Crippen molar-refractivity contribution in [2.75, 3.05) is 0 Å². The SMILES string of the molecule is CC[C@H](C)c1ccc(S(=O)(=O)NC(C)C)cc1. The molecule has 0 unspecified atom stereocenters. The Morgan fingerprint density at radius 3 is 2.06 bits per heavy atom. The van der Waals surface area contributed by atoms with Crippen molar-refractivity contribution in [3.63, 3.8) is 0 Å². The van der Waals surface area contributed by atoms with Crippen LogP contribution in [0, 0.1) is 0 Å². The van der Waals surface area contributed by atoms with Gasteiger partial charge in [-0.3, -0.25) is 0 Å². The minimum atomic E-state index is -3.36. The van der Waals surface area contributed by atoms with Gasteiger partial charge in [-0.25, -0.2) is 13.1 Å². The van der Waals surface area contributed by atoms with Gasteiger partial charge < -0.3 is 0 Å². The number of sulfonamides is 1. The normalized spacial score (nSPS) is 13.9. The number of nitrogens with one attached hydrogen (secondary N) is 1. The molecule has 0 aliphatic carbocycles. The smallest absolute Gasteiger partial charge is 0.209 e. The summed E-state index contributed by atoms with van der Waals surface area (Å²) in [5.41, 5.74) is 1.18. The number of hydrogen-bond donors (Lipinski definition) is 1. The Hall–Kier alpha value is -0.870. The van der Waals surface area contributed by atoms with Crippen molar-refractivity contribution in [3.05, 3.63) is 29.8 Å². The summed E-state index contributed by atoms with van der Waals surface area (Å²) < 4.78 is 26.3. The average Bonchev–Trinajstić information content (AvgIpc) is 2.26. The third-order valence-corrected chi connectivity index (χ3v) is 4.44. The largest absolute Gasteiger partial charge is 0.240 e. The van der Waals surface area contributed by atoms with Gasteiger partial charge in [0.05, 0.1) is 4.90 Å². The quantitative estimate of drug-likeness (QED) is 0.879. The molecule has 1 N–H and O–H groups in total. The summed E-state index contributed by atoms with van der Waals surface area (Å²) in [6, 6.07) is 7.04. The first kappa shape index (κ1) is 14.2. The van der Waals surface area contributed by atoms with Gasteiger partial charge in [0.1, 0.15) is 0 Å². The molecule has 96 valence electrons. The van der Waals surface area contributed by atoms with E-state index in [2.05, 4.69) is 18.6 Å². The maximum atomic E-state index is 11.9. The number of hydrogen-bond acceptors (Lipinski definition) is 2. The summed E-state index contributed by atoms with van der Waals surface area (Å²) in [5.74, 6) is 0.463. The minimum absolute atomic E-state index is 0.0887. The fourth-order valence-corrected chi connectivity index (χ4v) is 2.84. The fraction of sp³-hybridized carbons (Fsp3) is 0.538. The first-order chi connectivity index (χ1) is 7.86. The maximum absolute atomic E-state index is 11.9. The third kappa shape index (κ3) is 3.82. The maximum Gasteiger partial charge on any atom is 0.240 e. The van der Waals surface area contributed by atoms with E-state index < -0.39 is 10.0 Å². The van der Waals surface area contributed by atoms with Crippen LogP contribution in [0.15, 0.2) is 29.2 Å². The monoisotopic (exact) mass is 255 g/mol. The van der Waals surface area contributed by atoms with Gasteiger partial charge >= 0.3 is 0 Å². The molecule has 0 radical (unpaired) electrons. The molecule has 1 aromatic rings. The standard InChI is InChI=1S/C13H21NO2S/c1-5-11(4)12-6-8-13(9-7-12)17(15,16)14-10(2)3/h6-11,14H,5H2,1-4H3/t11-/m0/s1. The van der Waals surface area contributed by atoms with Gasteiger partial charge in [0, 0.05) is 6.04 Å². The van der Waals surface area contributed by atoms with Gasteiger partial charge in [-0.15, -0.1) is 0 Å². The van der Waals surface area contributed by atoms with Crippen molar-refractivity contribution in [1.82, 2.24) is 4.72 Å². The summed E-state index contributed by atoms with van der Waals surface area (Å²) in [4.78, 5) is 0.332. The van der Waals surface area contributed by atoms with Crippen LogP contribution in [-0.4, -0.2) is 14.5 Å². The molecule has 0 heterocycles. The lowest BCUT2D eigenvalue weighted by Gasteiger charge is -2.12.